The molecule has 2 aromatic rings. The van der Waals surface area contributed by atoms with Gasteiger partial charge in [-0.15, -0.1) is 0 Å². The number of aliphatic hydroxyl groups is 1. The summed E-state index contributed by atoms with van der Waals surface area (Å²) in [5.74, 6) is -3.25. The van der Waals surface area contributed by atoms with Crippen LogP contribution in [0.15, 0.2) is 23.2 Å². The second-order valence-corrected chi connectivity index (χ2v) is 8.16. The van der Waals surface area contributed by atoms with Gasteiger partial charge in [0.1, 0.15) is 41.6 Å². The number of aliphatic hydroxyl groups excluding tert-OH is 1. The first kappa shape index (κ1) is 22.0. The molecule has 0 bridgehead atoms. The molecule has 0 spiro atoms. The number of pyridine rings is 1. The number of hydrogen-bond acceptors (Lipinski definition) is 8. The summed E-state index contributed by atoms with van der Waals surface area (Å²) in [5.41, 5.74) is -0.000406. The maximum Gasteiger partial charge on any atom is 0.335 e. The van der Waals surface area contributed by atoms with Crippen LogP contribution < -0.4 is 4.74 Å². The monoisotopic (exact) mass is 482 g/mol. The van der Waals surface area contributed by atoms with Crippen molar-refractivity contribution in [2.45, 2.75) is 37.4 Å². The molecule has 0 amide bonds. The Labute approximate surface area is 190 Å². The summed E-state index contributed by atoms with van der Waals surface area (Å²) in [7, 11) is 0. The summed E-state index contributed by atoms with van der Waals surface area (Å²) >= 11 is 6.20. The molecule has 2 N–H and O–H groups in total. The van der Waals surface area contributed by atoms with Gasteiger partial charge in [0.05, 0.1) is 42.1 Å². The lowest BCUT2D eigenvalue weighted by Gasteiger charge is -2.17. The fourth-order valence-corrected chi connectivity index (χ4v) is 4.14. The zero-order valence-corrected chi connectivity index (χ0v) is 17.6. The van der Waals surface area contributed by atoms with Gasteiger partial charge in [-0.2, -0.15) is 0 Å². The van der Waals surface area contributed by atoms with Gasteiger partial charge < -0.3 is 29.2 Å². The van der Waals surface area contributed by atoms with Crippen molar-refractivity contribution in [3.8, 4) is 5.88 Å². The van der Waals surface area contributed by atoms with Crippen LogP contribution in [-0.4, -0.2) is 64.7 Å². The van der Waals surface area contributed by atoms with E-state index in [-0.39, 0.29) is 36.6 Å². The van der Waals surface area contributed by atoms with Crippen LogP contribution in [0.1, 0.15) is 21.6 Å². The van der Waals surface area contributed by atoms with Crippen LogP contribution in [0, 0.1) is 11.6 Å². The van der Waals surface area contributed by atoms with E-state index in [2.05, 4.69) is 9.98 Å². The average Bonchev–Trinajstić information content (AvgIpc) is 3.44. The van der Waals surface area contributed by atoms with E-state index in [0.29, 0.717) is 29.4 Å². The van der Waals surface area contributed by atoms with Crippen LogP contribution in [0.4, 0.5) is 14.5 Å². The third-order valence-corrected chi connectivity index (χ3v) is 5.84. The Morgan fingerprint density at radius 3 is 2.64 bits per heavy atom. The summed E-state index contributed by atoms with van der Waals surface area (Å²) < 4.78 is 50.7. The van der Waals surface area contributed by atoms with Crippen LogP contribution in [-0.2, 0) is 27.2 Å². The zero-order chi connectivity index (χ0) is 23.3. The Bertz CT molecular complexity index is 1140. The van der Waals surface area contributed by atoms with Crippen molar-refractivity contribution in [1.29, 1.82) is 0 Å². The zero-order valence-electron chi connectivity index (χ0n) is 16.8. The molecule has 0 radical (unpaired) electrons. The van der Waals surface area contributed by atoms with Gasteiger partial charge in [0.15, 0.2) is 12.0 Å². The Morgan fingerprint density at radius 1 is 1.18 bits per heavy atom. The fourth-order valence-electron chi connectivity index (χ4n) is 3.94. The lowest BCUT2D eigenvalue weighted by molar-refractivity contribution is 0.00558. The highest BCUT2D eigenvalue weighted by atomic mass is 35.5. The first-order chi connectivity index (χ1) is 15.8. The number of hydrogen-bond donors (Lipinski definition) is 2. The van der Waals surface area contributed by atoms with Gasteiger partial charge in [-0.05, 0) is 18.2 Å². The molecule has 12 heteroatoms. The second kappa shape index (κ2) is 8.49. The van der Waals surface area contributed by atoms with Crippen molar-refractivity contribution in [2.75, 3.05) is 13.2 Å². The minimum Gasteiger partial charge on any atom is -0.478 e. The Hall–Kier alpha value is -2.86. The van der Waals surface area contributed by atoms with Gasteiger partial charge in [-0.3, -0.25) is 0 Å². The normalized spacial score (nSPS) is 25.5. The van der Waals surface area contributed by atoms with Gasteiger partial charge in [-0.25, -0.2) is 23.6 Å². The number of rotatable bonds is 5. The summed E-state index contributed by atoms with van der Waals surface area (Å²) in [4.78, 5) is 19.6. The Morgan fingerprint density at radius 2 is 1.91 bits per heavy atom. The molecule has 1 aromatic heterocycles. The number of carboxylic acids is 1. The molecule has 4 heterocycles. The van der Waals surface area contributed by atoms with E-state index in [1.165, 1.54) is 6.07 Å². The van der Waals surface area contributed by atoms with Gasteiger partial charge in [0, 0.05) is 0 Å². The number of benzene rings is 1. The highest BCUT2D eigenvalue weighted by molar-refractivity contribution is 6.32. The minimum absolute atomic E-state index is 0.0560. The summed E-state index contributed by atoms with van der Waals surface area (Å²) in [5, 5.41) is 18.8. The third-order valence-electron chi connectivity index (χ3n) is 5.57. The number of aromatic carboxylic acids is 1. The van der Waals surface area contributed by atoms with E-state index in [1.807, 2.05) is 0 Å². The number of nitrogens with zero attached hydrogens (tertiary/aromatic N) is 2. The first-order valence-electron chi connectivity index (χ1n) is 9.99. The van der Waals surface area contributed by atoms with Crippen molar-refractivity contribution in [3.63, 3.8) is 0 Å². The van der Waals surface area contributed by atoms with Crippen molar-refractivity contribution in [1.82, 2.24) is 4.98 Å². The number of carbonyl (C=O) groups is 1. The summed E-state index contributed by atoms with van der Waals surface area (Å²) in [6, 6.07) is 2.92. The molecule has 2 fully saturated rings. The van der Waals surface area contributed by atoms with E-state index in [9.17, 15) is 18.7 Å². The van der Waals surface area contributed by atoms with Crippen molar-refractivity contribution in [3.05, 3.63) is 51.7 Å². The second-order valence-electron chi connectivity index (χ2n) is 7.76. The number of halogens is 3. The van der Waals surface area contributed by atoms with Crippen LogP contribution in [0.3, 0.4) is 0 Å². The van der Waals surface area contributed by atoms with Gasteiger partial charge in [0.2, 0.25) is 5.88 Å². The first-order valence-corrected chi connectivity index (χ1v) is 10.4. The van der Waals surface area contributed by atoms with Crippen LogP contribution >= 0.6 is 11.6 Å². The molecule has 2 saturated heterocycles. The number of carboxylic acid groups (broad SMARTS) is 1. The van der Waals surface area contributed by atoms with Crippen molar-refractivity contribution >= 4 is 29.2 Å². The van der Waals surface area contributed by atoms with E-state index in [0.717, 1.165) is 0 Å². The lowest BCUT2D eigenvalue weighted by Crippen LogP contribution is -2.34. The summed E-state index contributed by atoms with van der Waals surface area (Å²) in [6.07, 6.45) is -1.71. The van der Waals surface area contributed by atoms with Gasteiger partial charge in [-0.1, -0.05) is 11.6 Å². The highest BCUT2D eigenvalue weighted by Crippen LogP contribution is 2.36. The van der Waals surface area contributed by atoms with E-state index in [1.54, 1.807) is 0 Å². The molecule has 0 saturated carbocycles. The van der Waals surface area contributed by atoms with Crippen LogP contribution in [0.25, 0.3) is 0 Å². The molecule has 174 valence electrons. The highest BCUT2D eigenvalue weighted by Gasteiger charge is 2.49. The standard InChI is InChI=1S/C21H17ClF2N2O7/c22-10-3-13-14(4-17(25-13)33-16-7-31-18-15(27)6-30-19(16)18)26-20(10)32-5-9-11(23)1-8(21(28)29)2-12(9)24/h1-3,15-16,18-19,27H,4-7H2,(H,28,29)/t15-,16-,18-,19-/m1/s1. The molecule has 33 heavy (non-hydrogen) atoms. The fraction of sp³-hybridized carbons (Fsp3) is 0.381. The molecule has 4 atom stereocenters. The quantitative estimate of drug-likeness (QED) is 0.667. The number of aromatic nitrogens is 1. The number of ether oxygens (including phenoxy) is 4. The molecule has 0 aliphatic carbocycles. The topological polar surface area (TPSA) is 120 Å². The number of aliphatic imine (C=N–C) groups is 1. The van der Waals surface area contributed by atoms with Crippen LogP contribution in [0.2, 0.25) is 5.02 Å². The largest absolute Gasteiger partial charge is 0.478 e. The average molecular weight is 483 g/mol. The van der Waals surface area contributed by atoms with Gasteiger partial charge >= 0.3 is 5.97 Å². The summed E-state index contributed by atoms with van der Waals surface area (Å²) in [6.45, 7) is -0.114. The smallest absolute Gasteiger partial charge is 0.335 e. The molecule has 3 aliphatic rings. The molecule has 1 aromatic carbocycles. The molecular weight excluding hydrogens is 466 g/mol. The molecule has 0 unspecified atom stereocenters. The third kappa shape index (κ3) is 4.12. The van der Waals surface area contributed by atoms with Crippen molar-refractivity contribution < 1.29 is 42.7 Å². The van der Waals surface area contributed by atoms with E-state index in [4.69, 9.17) is 35.7 Å². The lowest BCUT2D eigenvalue weighted by atomic mass is 10.1. The Balaban J connectivity index is 1.26. The minimum atomic E-state index is -1.45. The van der Waals surface area contributed by atoms with Crippen LogP contribution in [0.5, 0.6) is 5.88 Å². The number of fused-ring (bicyclic) bond motifs is 2. The molecule has 5 rings (SSSR count). The predicted molar refractivity (Wildman–Crippen MR) is 108 cm³/mol. The predicted octanol–water partition coefficient (Wildman–Crippen LogP) is 2.42. The van der Waals surface area contributed by atoms with E-state index < -0.39 is 53.6 Å². The maximum absolute atomic E-state index is 14.1. The maximum atomic E-state index is 14.1. The van der Waals surface area contributed by atoms with E-state index >= 15 is 0 Å². The molecule has 3 aliphatic heterocycles. The molecular formula is C21H17ClF2N2O7. The molecule has 9 nitrogen and oxygen atoms in total. The Kier molecular flexibility index (Phi) is 5.65. The SMILES string of the molecule is O=C(O)c1cc(F)c(COc2nc3c(cc2Cl)N=C(O[C@@H]2CO[C@H]4[C@@H]2OC[C@H]4O)C3)c(F)c1. The van der Waals surface area contributed by atoms with Gasteiger partial charge in [0.25, 0.3) is 0 Å². The van der Waals surface area contributed by atoms with Crippen molar-refractivity contribution in [2.24, 2.45) is 4.99 Å².